The van der Waals surface area contributed by atoms with Crippen LogP contribution in [-0.4, -0.2) is 36.6 Å². The van der Waals surface area contributed by atoms with E-state index in [9.17, 15) is 9.59 Å². The molecular weight excluding hydrogens is 350 g/mol. The minimum Gasteiger partial charge on any atom is -0.452 e. The second-order valence-electron chi connectivity index (χ2n) is 6.10. The first-order chi connectivity index (χ1) is 12.6. The maximum atomic E-state index is 12.0. The Morgan fingerprint density at radius 1 is 1.35 bits per heavy atom. The molecule has 0 unspecified atom stereocenters. The summed E-state index contributed by atoms with van der Waals surface area (Å²) >= 11 is 1.44. The van der Waals surface area contributed by atoms with Crippen LogP contribution in [0.2, 0.25) is 0 Å². The normalized spacial score (nSPS) is 14.0. The highest BCUT2D eigenvalue weighted by Crippen LogP contribution is 2.25. The van der Waals surface area contributed by atoms with Gasteiger partial charge < -0.3 is 15.0 Å². The van der Waals surface area contributed by atoms with E-state index in [1.54, 1.807) is 11.6 Å². The smallest absolute Gasteiger partial charge is 0.331 e. The SMILES string of the molecule is Cc1cc(N2CCCC2)ccc1NC(=O)COC(=O)/C=C/c1cscn1. The summed E-state index contributed by atoms with van der Waals surface area (Å²) in [6, 6.07) is 5.98. The molecule has 136 valence electrons. The Morgan fingerprint density at radius 2 is 2.15 bits per heavy atom. The molecule has 1 aliphatic rings. The largest absolute Gasteiger partial charge is 0.452 e. The van der Waals surface area contributed by atoms with Crippen LogP contribution in [0.25, 0.3) is 6.08 Å². The van der Waals surface area contributed by atoms with Crippen LogP contribution in [0.1, 0.15) is 24.1 Å². The Bertz CT molecular complexity index is 796. The number of benzene rings is 1. The number of aryl methyl sites for hydroxylation is 1. The number of carbonyl (C=O) groups excluding carboxylic acids is 2. The van der Waals surface area contributed by atoms with Gasteiger partial charge in [-0.05, 0) is 49.6 Å². The molecule has 6 nitrogen and oxygen atoms in total. The van der Waals surface area contributed by atoms with Crippen molar-refractivity contribution in [3.63, 3.8) is 0 Å². The lowest BCUT2D eigenvalue weighted by molar-refractivity contribution is -0.142. The molecule has 1 aromatic heterocycles. The number of ether oxygens (including phenoxy) is 1. The highest BCUT2D eigenvalue weighted by atomic mass is 32.1. The summed E-state index contributed by atoms with van der Waals surface area (Å²) in [6.07, 6.45) is 5.26. The molecule has 26 heavy (non-hydrogen) atoms. The lowest BCUT2D eigenvalue weighted by Crippen LogP contribution is -2.21. The van der Waals surface area contributed by atoms with E-state index in [1.165, 1.54) is 35.9 Å². The fraction of sp³-hybridized carbons (Fsp3) is 0.316. The third kappa shape index (κ3) is 4.92. The summed E-state index contributed by atoms with van der Waals surface area (Å²) in [5.74, 6) is -0.938. The molecule has 2 aromatic rings. The fourth-order valence-corrected chi connectivity index (χ4v) is 3.31. The quantitative estimate of drug-likeness (QED) is 0.623. The Hall–Kier alpha value is -2.67. The number of hydrogen-bond acceptors (Lipinski definition) is 6. The summed E-state index contributed by atoms with van der Waals surface area (Å²) in [4.78, 5) is 30.0. The maximum Gasteiger partial charge on any atom is 0.331 e. The van der Waals surface area contributed by atoms with Crippen molar-refractivity contribution < 1.29 is 14.3 Å². The monoisotopic (exact) mass is 371 g/mol. The lowest BCUT2D eigenvalue weighted by Gasteiger charge is -2.19. The van der Waals surface area contributed by atoms with Gasteiger partial charge in [-0.25, -0.2) is 9.78 Å². The van der Waals surface area contributed by atoms with Crippen molar-refractivity contribution in [2.24, 2.45) is 0 Å². The van der Waals surface area contributed by atoms with Gasteiger partial charge in [-0.1, -0.05) is 0 Å². The number of rotatable bonds is 6. The molecule has 0 atom stereocenters. The molecule has 0 saturated carbocycles. The van der Waals surface area contributed by atoms with Gasteiger partial charge in [0.15, 0.2) is 6.61 Å². The Labute approximate surface area is 156 Å². The van der Waals surface area contributed by atoms with Crippen LogP contribution in [0.4, 0.5) is 11.4 Å². The second kappa shape index (κ2) is 8.62. The Morgan fingerprint density at radius 3 is 2.85 bits per heavy atom. The number of thiazole rings is 1. The maximum absolute atomic E-state index is 12.0. The molecule has 3 rings (SSSR count). The van der Waals surface area contributed by atoms with Crippen LogP contribution >= 0.6 is 11.3 Å². The van der Waals surface area contributed by atoms with E-state index in [2.05, 4.69) is 21.3 Å². The Balaban J connectivity index is 1.49. The van der Waals surface area contributed by atoms with E-state index in [0.29, 0.717) is 5.69 Å². The first-order valence-corrected chi connectivity index (χ1v) is 9.44. The number of aromatic nitrogens is 1. The average Bonchev–Trinajstić information content (AvgIpc) is 3.33. The second-order valence-corrected chi connectivity index (χ2v) is 6.81. The van der Waals surface area contributed by atoms with Gasteiger partial charge in [-0.15, -0.1) is 11.3 Å². The van der Waals surface area contributed by atoms with Crippen LogP contribution in [0.15, 0.2) is 35.2 Å². The topological polar surface area (TPSA) is 71.5 Å². The van der Waals surface area contributed by atoms with Gasteiger partial charge in [0, 0.05) is 35.9 Å². The summed E-state index contributed by atoms with van der Waals surface area (Å²) < 4.78 is 4.95. The van der Waals surface area contributed by atoms with Gasteiger partial charge in [-0.3, -0.25) is 4.79 Å². The average molecular weight is 371 g/mol. The van der Waals surface area contributed by atoms with Crippen molar-refractivity contribution in [3.05, 3.63) is 46.4 Å². The minimum atomic E-state index is -0.575. The van der Waals surface area contributed by atoms with Gasteiger partial charge in [0.25, 0.3) is 5.91 Å². The number of carbonyl (C=O) groups is 2. The van der Waals surface area contributed by atoms with Crippen LogP contribution in [-0.2, 0) is 14.3 Å². The van der Waals surface area contributed by atoms with Crippen molar-refractivity contribution >= 4 is 40.7 Å². The molecule has 1 aliphatic heterocycles. The predicted molar refractivity (Wildman–Crippen MR) is 103 cm³/mol. The van der Waals surface area contributed by atoms with Gasteiger partial charge in [-0.2, -0.15) is 0 Å². The zero-order valence-corrected chi connectivity index (χ0v) is 15.4. The van der Waals surface area contributed by atoms with Crippen LogP contribution < -0.4 is 10.2 Å². The number of nitrogens with zero attached hydrogens (tertiary/aromatic N) is 2. The van der Waals surface area contributed by atoms with E-state index in [0.717, 1.165) is 24.3 Å². The number of esters is 1. The molecule has 0 radical (unpaired) electrons. The summed E-state index contributed by atoms with van der Waals surface area (Å²) in [7, 11) is 0. The molecule has 2 heterocycles. The van der Waals surface area contributed by atoms with Crippen molar-refractivity contribution in [1.82, 2.24) is 4.98 Å². The Kier molecular flexibility index (Phi) is 6.01. The van der Waals surface area contributed by atoms with E-state index < -0.39 is 5.97 Å². The summed E-state index contributed by atoms with van der Waals surface area (Å²) in [6.45, 7) is 3.79. The van der Waals surface area contributed by atoms with Gasteiger partial charge in [0.2, 0.25) is 0 Å². The van der Waals surface area contributed by atoms with Gasteiger partial charge in [0.1, 0.15) is 0 Å². The minimum absolute atomic E-state index is 0.326. The van der Waals surface area contributed by atoms with Gasteiger partial charge in [0.05, 0.1) is 11.2 Å². The highest BCUT2D eigenvalue weighted by Gasteiger charge is 2.14. The predicted octanol–water partition coefficient (Wildman–Crippen LogP) is 3.25. The number of anilines is 2. The third-order valence-electron chi connectivity index (χ3n) is 4.14. The fourth-order valence-electron chi connectivity index (χ4n) is 2.79. The first-order valence-electron chi connectivity index (χ1n) is 8.50. The van der Waals surface area contributed by atoms with Crippen molar-refractivity contribution in [3.8, 4) is 0 Å². The molecule has 7 heteroatoms. The molecule has 1 aromatic carbocycles. The summed E-state index contributed by atoms with van der Waals surface area (Å²) in [5, 5.41) is 4.59. The molecule has 1 saturated heterocycles. The molecule has 0 spiro atoms. The lowest BCUT2D eigenvalue weighted by atomic mass is 10.1. The molecule has 0 aliphatic carbocycles. The molecule has 1 fully saturated rings. The van der Waals surface area contributed by atoms with Crippen LogP contribution in [0.5, 0.6) is 0 Å². The van der Waals surface area contributed by atoms with E-state index in [1.807, 2.05) is 24.4 Å². The van der Waals surface area contributed by atoms with Crippen LogP contribution in [0, 0.1) is 6.92 Å². The van der Waals surface area contributed by atoms with Crippen molar-refractivity contribution in [2.45, 2.75) is 19.8 Å². The van der Waals surface area contributed by atoms with Crippen LogP contribution in [0.3, 0.4) is 0 Å². The van der Waals surface area contributed by atoms with E-state index in [-0.39, 0.29) is 12.5 Å². The van der Waals surface area contributed by atoms with E-state index in [4.69, 9.17) is 4.74 Å². The molecule has 1 amide bonds. The highest BCUT2D eigenvalue weighted by molar-refractivity contribution is 7.07. The summed E-state index contributed by atoms with van der Waals surface area (Å²) in [5.41, 5.74) is 5.25. The molecule has 1 N–H and O–H groups in total. The van der Waals surface area contributed by atoms with Crippen molar-refractivity contribution in [1.29, 1.82) is 0 Å². The number of hydrogen-bond donors (Lipinski definition) is 1. The first kappa shape index (κ1) is 18.1. The molecule has 0 bridgehead atoms. The third-order valence-corrected chi connectivity index (χ3v) is 4.75. The zero-order valence-electron chi connectivity index (χ0n) is 14.6. The standard InChI is InChI=1S/C19H21N3O3S/c1-14-10-16(22-8-2-3-9-22)5-6-17(14)21-18(23)11-25-19(24)7-4-15-12-26-13-20-15/h4-7,10,12-13H,2-3,8-9,11H2,1H3,(H,21,23)/b7-4+. The van der Waals surface area contributed by atoms with E-state index >= 15 is 0 Å². The van der Waals surface area contributed by atoms with Gasteiger partial charge >= 0.3 is 5.97 Å². The zero-order chi connectivity index (χ0) is 18.4. The van der Waals surface area contributed by atoms with Crippen molar-refractivity contribution in [2.75, 3.05) is 29.9 Å². The number of amides is 1. The number of nitrogens with one attached hydrogen (secondary N) is 1. The molecular formula is C19H21N3O3S.